The molecule has 0 aliphatic heterocycles. The molecule has 0 aliphatic rings. The molecule has 0 spiro atoms. The van der Waals surface area contributed by atoms with E-state index in [-0.39, 0.29) is 0 Å². The number of aromatic nitrogens is 2. The van der Waals surface area contributed by atoms with Crippen LogP contribution in [0.15, 0.2) is 73.3 Å². The van der Waals surface area contributed by atoms with Crippen molar-refractivity contribution in [2.45, 2.75) is 0 Å². The zero-order chi connectivity index (χ0) is 15.4. The fraction of sp³-hybridized carbons (Fsp3) is 0.105. The van der Waals surface area contributed by atoms with Gasteiger partial charge in [-0.25, -0.2) is 0 Å². The maximum atomic E-state index is 5.95. The first-order chi connectivity index (χ1) is 10.8. The van der Waals surface area contributed by atoms with Crippen molar-refractivity contribution in [3.8, 4) is 28.3 Å². The van der Waals surface area contributed by atoms with Crippen LogP contribution in [0, 0.1) is 0 Å². The van der Waals surface area contributed by atoms with Gasteiger partial charge in [0, 0.05) is 18.2 Å². The molecule has 0 atom stereocenters. The normalized spacial score (nSPS) is 10.4. The van der Waals surface area contributed by atoms with Gasteiger partial charge in [0.2, 0.25) is 0 Å². The molecule has 0 saturated carbocycles. The van der Waals surface area contributed by atoms with Crippen molar-refractivity contribution in [2.75, 3.05) is 6.61 Å². The van der Waals surface area contributed by atoms with E-state index in [2.05, 4.69) is 23.8 Å². The Hall–Kier alpha value is -2.81. The summed E-state index contributed by atoms with van der Waals surface area (Å²) in [5.74, 6) is 0.791. The van der Waals surface area contributed by atoms with Gasteiger partial charge in [-0.3, -0.25) is 4.68 Å². The molecule has 3 rings (SSSR count). The van der Waals surface area contributed by atoms with Crippen molar-refractivity contribution < 1.29 is 4.74 Å². The van der Waals surface area contributed by atoms with Crippen LogP contribution >= 0.6 is 0 Å². The molecule has 0 fully saturated rings. The summed E-state index contributed by atoms with van der Waals surface area (Å²) >= 11 is 0. The largest absolute Gasteiger partial charge is 0.485 e. The van der Waals surface area contributed by atoms with Crippen LogP contribution in [0.4, 0.5) is 0 Å². The predicted octanol–water partition coefficient (Wildman–Crippen LogP) is 4.32. The Morgan fingerprint density at radius 2 is 1.59 bits per heavy atom. The summed E-state index contributed by atoms with van der Waals surface area (Å²) in [6, 6.07) is 20.2. The number of hydrogen-bond acceptors (Lipinski definition) is 2. The van der Waals surface area contributed by atoms with Crippen LogP contribution < -0.4 is 4.74 Å². The molecule has 3 heteroatoms. The van der Waals surface area contributed by atoms with Gasteiger partial charge in [0.05, 0.1) is 0 Å². The molecule has 110 valence electrons. The summed E-state index contributed by atoms with van der Waals surface area (Å²) in [6.45, 7) is 4.18. The third kappa shape index (κ3) is 2.66. The number of benzene rings is 2. The first-order valence-corrected chi connectivity index (χ1v) is 7.23. The first-order valence-electron chi connectivity index (χ1n) is 7.23. The topological polar surface area (TPSA) is 27.1 Å². The lowest BCUT2D eigenvalue weighted by Gasteiger charge is -2.08. The molecule has 1 aromatic heterocycles. The standard InChI is InChI=1S/C19H18N2O/c1-3-14-22-19-17(15-10-6-4-7-11-15)20-21(2)18(19)16-12-8-5-9-13-16/h3-13H,1,14H2,2H3. The van der Waals surface area contributed by atoms with Crippen LogP contribution in [0.2, 0.25) is 0 Å². The summed E-state index contributed by atoms with van der Waals surface area (Å²) in [5.41, 5.74) is 3.95. The molecule has 3 nitrogen and oxygen atoms in total. The molecular weight excluding hydrogens is 272 g/mol. The monoisotopic (exact) mass is 290 g/mol. The lowest BCUT2D eigenvalue weighted by Crippen LogP contribution is -1.97. The smallest absolute Gasteiger partial charge is 0.173 e. The minimum atomic E-state index is 0.450. The van der Waals surface area contributed by atoms with Crippen molar-refractivity contribution in [2.24, 2.45) is 7.05 Å². The molecule has 3 aromatic rings. The summed E-state index contributed by atoms with van der Waals surface area (Å²) in [5, 5.41) is 4.67. The maximum Gasteiger partial charge on any atom is 0.173 e. The van der Waals surface area contributed by atoms with E-state index >= 15 is 0 Å². The Morgan fingerprint density at radius 3 is 2.18 bits per heavy atom. The molecule has 1 heterocycles. The van der Waals surface area contributed by atoms with E-state index in [4.69, 9.17) is 4.74 Å². The van der Waals surface area contributed by atoms with Crippen molar-refractivity contribution in [1.29, 1.82) is 0 Å². The average Bonchev–Trinajstić information content (AvgIpc) is 2.91. The molecule has 0 aliphatic carbocycles. The fourth-order valence-electron chi connectivity index (χ4n) is 2.48. The number of rotatable bonds is 5. The van der Waals surface area contributed by atoms with Crippen LogP contribution in [0.3, 0.4) is 0 Å². The molecule has 0 bridgehead atoms. The Kier molecular flexibility index (Phi) is 4.05. The van der Waals surface area contributed by atoms with E-state index in [0.717, 1.165) is 28.3 Å². The van der Waals surface area contributed by atoms with Crippen LogP contribution in [0.25, 0.3) is 22.5 Å². The van der Waals surface area contributed by atoms with Gasteiger partial charge in [0.1, 0.15) is 18.0 Å². The van der Waals surface area contributed by atoms with Gasteiger partial charge < -0.3 is 4.74 Å². The number of aryl methyl sites for hydroxylation is 1. The third-order valence-electron chi connectivity index (χ3n) is 3.44. The summed E-state index contributed by atoms with van der Waals surface area (Å²) in [7, 11) is 1.94. The minimum Gasteiger partial charge on any atom is -0.485 e. The van der Waals surface area contributed by atoms with E-state index < -0.39 is 0 Å². The lowest BCUT2D eigenvalue weighted by atomic mass is 10.1. The summed E-state index contributed by atoms with van der Waals surface area (Å²) < 4.78 is 7.82. The Balaban J connectivity index is 2.17. The highest BCUT2D eigenvalue weighted by Crippen LogP contribution is 2.38. The van der Waals surface area contributed by atoms with Crippen LogP contribution in [0.5, 0.6) is 5.75 Å². The van der Waals surface area contributed by atoms with Gasteiger partial charge in [-0.05, 0) is 0 Å². The lowest BCUT2D eigenvalue weighted by molar-refractivity contribution is 0.366. The summed E-state index contributed by atoms with van der Waals surface area (Å²) in [6.07, 6.45) is 1.75. The van der Waals surface area contributed by atoms with Gasteiger partial charge >= 0.3 is 0 Å². The van der Waals surface area contributed by atoms with E-state index in [1.165, 1.54) is 0 Å². The highest BCUT2D eigenvalue weighted by Gasteiger charge is 2.20. The Morgan fingerprint density at radius 1 is 1.00 bits per heavy atom. The van der Waals surface area contributed by atoms with Crippen molar-refractivity contribution in [1.82, 2.24) is 9.78 Å². The number of ether oxygens (including phenoxy) is 1. The Labute approximate surface area is 130 Å². The van der Waals surface area contributed by atoms with E-state index in [1.807, 2.05) is 60.3 Å². The Bertz CT molecular complexity index is 761. The van der Waals surface area contributed by atoms with E-state index in [1.54, 1.807) is 6.08 Å². The number of hydrogen-bond donors (Lipinski definition) is 0. The van der Waals surface area contributed by atoms with Gasteiger partial charge in [-0.15, -0.1) is 0 Å². The molecule has 0 radical (unpaired) electrons. The van der Waals surface area contributed by atoms with Gasteiger partial charge in [-0.1, -0.05) is 73.3 Å². The summed E-state index contributed by atoms with van der Waals surface area (Å²) in [4.78, 5) is 0. The van der Waals surface area contributed by atoms with Gasteiger partial charge in [0.15, 0.2) is 5.75 Å². The van der Waals surface area contributed by atoms with E-state index in [0.29, 0.717) is 6.61 Å². The van der Waals surface area contributed by atoms with Gasteiger partial charge in [-0.2, -0.15) is 5.10 Å². The zero-order valence-corrected chi connectivity index (χ0v) is 12.6. The average molecular weight is 290 g/mol. The third-order valence-corrected chi connectivity index (χ3v) is 3.44. The molecule has 0 amide bonds. The second-order valence-electron chi connectivity index (χ2n) is 4.98. The first kappa shape index (κ1) is 14.1. The molecule has 2 aromatic carbocycles. The molecule has 22 heavy (non-hydrogen) atoms. The van der Waals surface area contributed by atoms with E-state index in [9.17, 15) is 0 Å². The molecular formula is C19H18N2O. The van der Waals surface area contributed by atoms with Crippen molar-refractivity contribution in [3.63, 3.8) is 0 Å². The molecule has 0 unspecified atom stereocenters. The highest BCUT2D eigenvalue weighted by atomic mass is 16.5. The molecule has 0 saturated heterocycles. The zero-order valence-electron chi connectivity index (χ0n) is 12.6. The minimum absolute atomic E-state index is 0.450. The van der Waals surface area contributed by atoms with Gasteiger partial charge in [0.25, 0.3) is 0 Å². The van der Waals surface area contributed by atoms with Crippen LogP contribution in [-0.2, 0) is 7.05 Å². The number of nitrogens with zero attached hydrogens (tertiary/aromatic N) is 2. The predicted molar refractivity (Wildman–Crippen MR) is 89.8 cm³/mol. The quantitative estimate of drug-likeness (QED) is 0.654. The van der Waals surface area contributed by atoms with Crippen LogP contribution in [-0.4, -0.2) is 16.4 Å². The fourth-order valence-corrected chi connectivity index (χ4v) is 2.48. The van der Waals surface area contributed by atoms with Crippen molar-refractivity contribution >= 4 is 0 Å². The highest BCUT2D eigenvalue weighted by molar-refractivity contribution is 5.78. The second-order valence-corrected chi connectivity index (χ2v) is 4.98. The second kappa shape index (κ2) is 6.31. The molecule has 0 N–H and O–H groups in total. The van der Waals surface area contributed by atoms with Crippen molar-refractivity contribution in [3.05, 3.63) is 73.3 Å². The van der Waals surface area contributed by atoms with Crippen LogP contribution in [0.1, 0.15) is 0 Å². The maximum absolute atomic E-state index is 5.95. The SMILES string of the molecule is C=CCOc1c(-c2ccccc2)nn(C)c1-c1ccccc1.